The normalized spacial score (nSPS) is 9.70. The van der Waals surface area contributed by atoms with Crippen LogP contribution in [0, 0.1) is 0 Å². The Kier molecular flexibility index (Phi) is 6.15. The van der Waals surface area contributed by atoms with Crippen LogP contribution in [0.5, 0.6) is 11.5 Å². The molecular weight excluding hydrogens is 264 g/mol. The van der Waals surface area contributed by atoms with Crippen LogP contribution in [0.4, 0.5) is 4.79 Å². The summed E-state index contributed by atoms with van der Waals surface area (Å²) in [5, 5.41) is 2.69. The van der Waals surface area contributed by atoms with E-state index in [9.17, 15) is 9.59 Å². The molecular formula is C13H18N2O5. The molecule has 1 aromatic carbocycles. The van der Waals surface area contributed by atoms with Gasteiger partial charge in [-0.3, -0.25) is 4.79 Å². The number of amides is 2. The zero-order valence-corrected chi connectivity index (χ0v) is 11.5. The van der Waals surface area contributed by atoms with Gasteiger partial charge in [-0.1, -0.05) is 0 Å². The van der Waals surface area contributed by atoms with Crippen molar-refractivity contribution in [2.24, 2.45) is 5.73 Å². The molecule has 110 valence electrons. The van der Waals surface area contributed by atoms with Gasteiger partial charge in [-0.15, -0.1) is 0 Å². The second kappa shape index (κ2) is 7.88. The minimum atomic E-state index is -0.894. The Morgan fingerprint density at radius 1 is 1.25 bits per heavy atom. The molecule has 0 bridgehead atoms. The lowest BCUT2D eigenvalue weighted by molar-refractivity contribution is -0.121. The third-order valence-electron chi connectivity index (χ3n) is 2.54. The van der Waals surface area contributed by atoms with Crippen LogP contribution in [-0.2, 0) is 16.1 Å². The van der Waals surface area contributed by atoms with E-state index in [-0.39, 0.29) is 18.9 Å². The van der Waals surface area contributed by atoms with E-state index in [4.69, 9.17) is 15.2 Å². The van der Waals surface area contributed by atoms with Gasteiger partial charge in [0.1, 0.15) is 18.1 Å². The Morgan fingerprint density at radius 3 is 2.60 bits per heavy atom. The van der Waals surface area contributed by atoms with E-state index in [0.29, 0.717) is 18.0 Å². The second-order valence-electron chi connectivity index (χ2n) is 3.87. The van der Waals surface area contributed by atoms with Crippen LogP contribution in [0.25, 0.3) is 0 Å². The first-order valence-electron chi connectivity index (χ1n) is 5.96. The summed E-state index contributed by atoms with van der Waals surface area (Å²) in [5.74, 6) is 1.05. The van der Waals surface area contributed by atoms with Gasteiger partial charge in [-0.2, -0.15) is 0 Å². The lowest BCUT2D eigenvalue weighted by Crippen LogP contribution is -2.25. The van der Waals surface area contributed by atoms with E-state index < -0.39 is 6.09 Å². The molecule has 7 heteroatoms. The number of primary amides is 1. The molecule has 0 saturated carbocycles. The van der Waals surface area contributed by atoms with Crippen LogP contribution in [-0.4, -0.2) is 32.8 Å². The van der Waals surface area contributed by atoms with Gasteiger partial charge >= 0.3 is 6.09 Å². The van der Waals surface area contributed by atoms with Crippen molar-refractivity contribution in [3.05, 3.63) is 23.8 Å². The van der Waals surface area contributed by atoms with Crippen LogP contribution in [0.3, 0.4) is 0 Å². The van der Waals surface area contributed by atoms with Crippen molar-refractivity contribution in [1.82, 2.24) is 5.32 Å². The SMILES string of the molecule is COc1ccc(CNC(=O)CCOC(N)=O)c(OC)c1. The average molecular weight is 282 g/mol. The fraction of sp³-hybridized carbons (Fsp3) is 0.385. The molecule has 0 unspecified atom stereocenters. The zero-order chi connectivity index (χ0) is 15.0. The predicted molar refractivity (Wildman–Crippen MR) is 71.5 cm³/mol. The van der Waals surface area contributed by atoms with E-state index in [1.165, 1.54) is 0 Å². The van der Waals surface area contributed by atoms with Gasteiger partial charge < -0.3 is 25.3 Å². The highest BCUT2D eigenvalue weighted by molar-refractivity contribution is 5.76. The molecule has 0 saturated heterocycles. The van der Waals surface area contributed by atoms with Crippen molar-refractivity contribution in [1.29, 1.82) is 0 Å². The van der Waals surface area contributed by atoms with Crippen LogP contribution in [0.1, 0.15) is 12.0 Å². The molecule has 0 heterocycles. The first kappa shape index (κ1) is 15.6. The maximum Gasteiger partial charge on any atom is 0.404 e. The highest BCUT2D eigenvalue weighted by Gasteiger charge is 2.07. The number of hydrogen-bond acceptors (Lipinski definition) is 5. The third-order valence-corrected chi connectivity index (χ3v) is 2.54. The number of carbonyl (C=O) groups is 2. The molecule has 0 aliphatic carbocycles. The topological polar surface area (TPSA) is 99.9 Å². The van der Waals surface area contributed by atoms with Gasteiger partial charge in [0.15, 0.2) is 0 Å². The summed E-state index contributed by atoms with van der Waals surface area (Å²) in [6.07, 6.45) is -0.837. The Balaban J connectivity index is 2.48. The summed E-state index contributed by atoms with van der Waals surface area (Å²) in [5.41, 5.74) is 5.60. The Morgan fingerprint density at radius 2 is 2.00 bits per heavy atom. The molecule has 0 radical (unpaired) electrons. The number of rotatable bonds is 7. The van der Waals surface area contributed by atoms with Gasteiger partial charge in [0.05, 0.1) is 20.6 Å². The summed E-state index contributed by atoms with van der Waals surface area (Å²) in [4.78, 5) is 21.9. The minimum Gasteiger partial charge on any atom is -0.497 e. The maximum absolute atomic E-state index is 11.5. The minimum absolute atomic E-state index is 0.0408. The number of hydrogen-bond donors (Lipinski definition) is 2. The lowest BCUT2D eigenvalue weighted by atomic mass is 10.2. The van der Waals surface area contributed by atoms with Gasteiger partial charge in [-0.25, -0.2) is 4.79 Å². The van der Waals surface area contributed by atoms with Gasteiger partial charge in [-0.05, 0) is 12.1 Å². The summed E-state index contributed by atoms with van der Waals surface area (Å²) in [6, 6.07) is 5.32. The lowest BCUT2D eigenvalue weighted by Gasteiger charge is -2.11. The summed E-state index contributed by atoms with van der Waals surface area (Å²) in [7, 11) is 3.11. The average Bonchev–Trinajstić information content (AvgIpc) is 2.44. The molecule has 0 fully saturated rings. The number of nitrogens with two attached hydrogens (primary N) is 1. The molecule has 0 aliphatic heterocycles. The second-order valence-corrected chi connectivity index (χ2v) is 3.87. The third kappa shape index (κ3) is 5.05. The maximum atomic E-state index is 11.5. The predicted octanol–water partition coefficient (Wildman–Crippen LogP) is 0.805. The first-order chi connectivity index (χ1) is 9.56. The van der Waals surface area contributed by atoms with Crippen LogP contribution in [0.2, 0.25) is 0 Å². The van der Waals surface area contributed by atoms with Crippen LogP contribution in [0.15, 0.2) is 18.2 Å². The molecule has 0 spiro atoms. The monoisotopic (exact) mass is 282 g/mol. The van der Waals surface area contributed by atoms with Crippen molar-refractivity contribution in [3.8, 4) is 11.5 Å². The highest BCUT2D eigenvalue weighted by Crippen LogP contribution is 2.24. The molecule has 1 rings (SSSR count). The van der Waals surface area contributed by atoms with Crippen molar-refractivity contribution >= 4 is 12.0 Å². The Hall–Kier alpha value is -2.44. The van der Waals surface area contributed by atoms with E-state index in [1.54, 1.807) is 32.4 Å². The van der Waals surface area contributed by atoms with Crippen molar-refractivity contribution in [2.75, 3.05) is 20.8 Å². The summed E-state index contributed by atoms with van der Waals surface area (Å²) < 4.78 is 14.8. The fourth-order valence-electron chi connectivity index (χ4n) is 1.52. The molecule has 0 aliphatic rings. The zero-order valence-electron chi connectivity index (χ0n) is 11.5. The molecule has 3 N–H and O–H groups in total. The molecule has 0 aromatic heterocycles. The molecule has 0 atom stereocenters. The number of nitrogens with one attached hydrogen (secondary N) is 1. The largest absolute Gasteiger partial charge is 0.497 e. The van der Waals surface area contributed by atoms with Crippen molar-refractivity contribution in [2.45, 2.75) is 13.0 Å². The molecule has 2 amide bonds. The summed E-state index contributed by atoms with van der Waals surface area (Å²) >= 11 is 0. The van der Waals surface area contributed by atoms with Gasteiger partial charge in [0.25, 0.3) is 0 Å². The quantitative estimate of drug-likeness (QED) is 0.770. The number of ether oxygens (including phenoxy) is 3. The van der Waals surface area contributed by atoms with E-state index in [2.05, 4.69) is 10.1 Å². The van der Waals surface area contributed by atoms with E-state index >= 15 is 0 Å². The number of benzene rings is 1. The van der Waals surface area contributed by atoms with Crippen molar-refractivity contribution < 1.29 is 23.8 Å². The number of methoxy groups -OCH3 is 2. The van der Waals surface area contributed by atoms with E-state index in [1.807, 2.05) is 0 Å². The van der Waals surface area contributed by atoms with Crippen molar-refractivity contribution in [3.63, 3.8) is 0 Å². The molecule has 1 aromatic rings. The van der Waals surface area contributed by atoms with Crippen LogP contribution < -0.4 is 20.5 Å². The standard InChI is InChI=1S/C13H18N2O5/c1-18-10-4-3-9(11(7-10)19-2)8-15-12(16)5-6-20-13(14)17/h3-4,7H,5-6,8H2,1-2H3,(H2,14,17)(H,15,16). The summed E-state index contributed by atoms with van der Waals surface area (Å²) in [6.45, 7) is 0.267. The fourth-order valence-corrected chi connectivity index (χ4v) is 1.52. The highest BCUT2D eigenvalue weighted by atomic mass is 16.5. The van der Waals surface area contributed by atoms with Gasteiger partial charge in [0, 0.05) is 18.2 Å². The van der Waals surface area contributed by atoms with Crippen LogP contribution >= 0.6 is 0 Å². The Bertz CT molecular complexity index is 476. The smallest absolute Gasteiger partial charge is 0.404 e. The van der Waals surface area contributed by atoms with E-state index in [0.717, 1.165) is 5.56 Å². The molecule has 20 heavy (non-hydrogen) atoms. The Labute approximate surface area is 117 Å². The molecule has 7 nitrogen and oxygen atoms in total. The van der Waals surface area contributed by atoms with Gasteiger partial charge in [0.2, 0.25) is 5.91 Å². The first-order valence-corrected chi connectivity index (χ1v) is 5.96. The number of carbonyl (C=O) groups excluding carboxylic acids is 2.